The molecule has 0 saturated heterocycles. The van der Waals surface area contributed by atoms with E-state index in [-0.39, 0.29) is 0 Å². The van der Waals surface area contributed by atoms with Gasteiger partial charge in [-0.15, -0.1) is 0 Å². The fourth-order valence-corrected chi connectivity index (χ4v) is 2.53. The second-order valence-corrected chi connectivity index (χ2v) is 5.00. The van der Waals surface area contributed by atoms with E-state index >= 15 is 0 Å². The summed E-state index contributed by atoms with van der Waals surface area (Å²) in [6.45, 7) is 0.635. The molecule has 110 valence electrons. The highest BCUT2D eigenvalue weighted by Gasteiger charge is 2.22. The maximum absolute atomic E-state index is 13.7. The quantitative estimate of drug-likeness (QED) is 0.918. The Bertz CT molecular complexity index is 662. The minimum Gasteiger partial charge on any atom is -0.493 e. The van der Waals surface area contributed by atoms with Crippen LogP contribution in [0.3, 0.4) is 0 Å². The van der Waals surface area contributed by atoms with E-state index in [1.807, 2.05) is 0 Å². The van der Waals surface area contributed by atoms with E-state index in [0.717, 1.165) is 24.2 Å². The summed E-state index contributed by atoms with van der Waals surface area (Å²) in [7, 11) is 0. The van der Waals surface area contributed by atoms with Crippen molar-refractivity contribution in [2.24, 2.45) is 0 Å². The summed E-state index contributed by atoms with van der Waals surface area (Å²) in [5, 5.41) is 10.2. The molecule has 5 heteroatoms. The smallest absolute Gasteiger partial charge is 0.135 e. The van der Waals surface area contributed by atoms with Crippen molar-refractivity contribution in [3.05, 3.63) is 64.5 Å². The zero-order valence-corrected chi connectivity index (χ0v) is 11.1. The van der Waals surface area contributed by atoms with Crippen LogP contribution >= 0.6 is 0 Å². The topological polar surface area (TPSA) is 29.5 Å². The van der Waals surface area contributed by atoms with Crippen LogP contribution in [0.15, 0.2) is 30.3 Å². The lowest BCUT2D eigenvalue weighted by Crippen LogP contribution is -2.11. The lowest BCUT2D eigenvalue weighted by molar-refractivity contribution is 0.208. The molecule has 0 amide bonds. The number of rotatable bonds is 2. The zero-order valence-electron chi connectivity index (χ0n) is 11.1. The van der Waals surface area contributed by atoms with Crippen LogP contribution in [0.1, 0.15) is 29.2 Å². The monoisotopic (exact) mass is 294 g/mol. The van der Waals surface area contributed by atoms with Crippen LogP contribution in [0.5, 0.6) is 5.75 Å². The van der Waals surface area contributed by atoms with Crippen molar-refractivity contribution in [3.63, 3.8) is 0 Å². The summed E-state index contributed by atoms with van der Waals surface area (Å²) in [6.07, 6.45) is 0.147. The largest absolute Gasteiger partial charge is 0.493 e. The Morgan fingerprint density at radius 1 is 1.05 bits per heavy atom. The van der Waals surface area contributed by atoms with E-state index in [2.05, 4.69) is 0 Å². The number of benzene rings is 2. The molecule has 1 aliphatic rings. The van der Waals surface area contributed by atoms with Gasteiger partial charge in [0.2, 0.25) is 0 Å². The molecule has 2 aromatic carbocycles. The van der Waals surface area contributed by atoms with Crippen molar-refractivity contribution in [2.45, 2.75) is 18.9 Å². The van der Waals surface area contributed by atoms with E-state index < -0.39 is 29.1 Å². The first-order chi connectivity index (χ1) is 10.1. The van der Waals surface area contributed by atoms with Crippen LogP contribution in [0.25, 0.3) is 0 Å². The maximum Gasteiger partial charge on any atom is 0.135 e. The summed E-state index contributed by atoms with van der Waals surface area (Å²) < 4.78 is 45.8. The second-order valence-electron chi connectivity index (χ2n) is 5.00. The molecule has 0 aromatic heterocycles. The summed E-state index contributed by atoms with van der Waals surface area (Å²) in [5.74, 6) is -2.50. The van der Waals surface area contributed by atoms with Gasteiger partial charge in [-0.1, -0.05) is 6.07 Å². The number of hydrogen-bond donors (Lipinski definition) is 1. The number of aliphatic hydroxyl groups excluding tert-OH is 1. The Hall–Kier alpha value is -2.01. The van der Waals surface area contributed by atoms with Gasteiger partial charge in [0.15, 0.2) is 0 Å². The maximum atomic E-state index is 13.7. The molecule has 1 N–H and O–H groups in total. The average Bonchev–Trinajstić information content (AvgIpc) is 2.45. The Balaban J connectivity index is 2.01. The highest BCUT2D eigenvalue weighted by Crippen LogP contribution is 2.32. The van der Waals surface area contributed by atoms with Crippen LogP contribution in [0.4, 0.5) is 13.2 Å². The van der Waals surface area contributed by atoms with Gasteiger partial charge in [-0.3, -0.25) is 0 Å². The predicted molar refractivity (Wildman–Crippen MR) is 70.6 cm³/mol. The Kier molecular flexibility index (Phi) is 3.59. The third-order valence-corrected chi connectivity index (χ3v) is 3.57. The molecule has 0 aliphatic carbocycles. The van der Waals surface area contributed by atoms with Crippen LogP contribution in [-0.4, -0.2) is 11.7 Å². The van der Waals surface area contributed by atoms with Crippen molar-refractivity contribution >= 4 is 0 Å². The molecule has 0 radical (unpaired) electrons. The molecular weight excluding hydrogens is 281 g/mol. The molecule has 0 bridgehead atoms. The first-order valence-electron chi connectivity index (χ1n) is 6.64. The van der Waals surface area contributed by atoms with Gasteiger partial charge >= 0.3 is 0 Å². The first kappa shape index (κ1) is 13.9. The minimum atomic E-state index is -1.49. The fraction of sp³-hybridized carbons (Fsp3) is 0.250. The van der Waals surface area contributed by atoms with E-state index in [9.17, 15) is 18.3 Å². The molecule has 2 nitrogen and oxygen atoms in total. The predicted octanol–water partition coefficient (Wildman–Crippen LogP) is 3.51. The van der Waals surface area contributed by atoms with Gasteiger partial charge in [0.05, 0.1) is 12.2 Å². The van der Waals surface area contributed by atoms with Crippen molar-refractivity contribution in [2.75, 3.05) is 6.61 Å². The molecule has 3 rings (SSSR count). The molecule has 1 aliphatic heterocycles. The van der Waals surface area contributed by atoms with E-state index in [1.54, 1.807) is 18.2 Å². The Morgan fingerprint density at radius 2 is 1.76 bits per heavy atom. The third-order valence-electron chi connectivity index (χ3n) is 3.57. The van der Waals surface area contributed by atoms with E-state index in [4.69, 9.17) is 4.74 Å². The number of fused-ring (bicyclic) bond motifs is 1. The second kappa shape index (κ2) is 5.41. The van der Waals surface area contributed by atoms with Gasteiger partial charge in [-0.25, -0.2) is 13.2 Å². The third kappa shape index (κ3) is 2.61. The van der Waals surface area contributed by atoms with Crippen molar-refractivity contribution in [3.8, 4) is 5.75 Å². The molecule has 1 unspecified atom stereocenters. The molecular formula is C16H13F3O2. The Labute approximate surface area is 119 Å². The molecule has 1 atom stereocenters. The van der Waals surface area contributed by atoms with Gasteiger partial charge in [0.25, 0.3) is 0 Å². The van der Waals surface area contributed by atoms with Gasteiger partial charge in [-0.2, -0.15) is 0 Å². The lowest BCUT2D eigenvalue weighted by atomic mass is 9.96. The number of hydrogen-bond acceptors (Lipinski definition) is 2. The highest BCUT2D eigenvalue weighted by molar-refractivity contribution is 5.42. The minimum absolute atomic E-state index is 0.351. The number of aliphatic hydroxyl groups is 1. The standard InChI is InChI=1S/C16H13F3O2/c17-11-7-12(18)15(13(19)8-11)16(20)10-3-4-14-9(6-10)2-1-5-21-14/h3-4,6-8,16,20H,1-2,5H2. The number of ether oxygens (including phenoxy) is 1. The molecule has 2 aromatic rings. The molecule has 0 fully saturated rings. The first-order valence-corrected chi connectivity index (χ1v) is 6.64. The number of aryl methyl sites for hydroxylation is 1. The normalized spacial score (nSPS) is 15.2. The summed E-state index contributed by atoms with van der Waals surface area (Å²) in [5.41, 5.74) is 0.692. The highest BCUT2D eigenvalue weighted by atomic mass is 19.1. The van der Waals surface area contributed by atoms with Gasteiger partial charge in [-0.05, 0) is 36.1 Å². The summed E-state index contributed by atoms with van der Waals surface area (Å²) >= 11 is 0. The fourth-order valence-electron chi connectivity index (χ4n) is 2.53. The van der Waals surface area contributed by atoms with Gasteiger partial charge in [0.1, 0.15) is 29.3 Å². The van der Waals surface area contributed by atoms with Gasteiger partial charge in [0, 0.05) is 12.1 Å². The molecule has 0 spiro atoms. The molecule has 1 heterocycles. The summed E-state index contributed by atoms with van der Waals surface area (Å²) in [6, 6.07) is 6.01. The van der Waals surface area contributed by atoms with Crippen LogP contribution in [0.2, 0.25) is 0 Å². The van der Waals surface area contributed by atoms with Crippen molar-refractivity contribution in [1.82, 2.24) is 0 Å². The van der Waals surface area contributed by atoms with Crippen LogP contribution < -0.4 is 4.74 Å². The molecule has 21 heavy (non-hydrogen) atoms. The van der Waals surface area contributed by atoms with Crippen LogP contribution in [-0.2, 0) is 6.42 Å². The lowest BCUT2D eigenvalue weighted by Gasteiger charge is -2.20. The summed E-state index contributed by atoms with van der Waals surface area (Å²) in [4.78, 5) is 0. The van der Waals surface area contributed by atoms with E-state index in [0.29, 0.717) is 24.3 Å². The Morgan fingerprint density at radius 3 is 2.48 bits per heavy atom. The van der Waals surface area contributed by atoms with Crippen molar-refractivity contribution < 1.29 is 23.0 Å². The zero-order chi connectivity index (χ0) is 15.0. The van der Waals surface area contributed by atoms with Crippen LogP contribution in [0, 0.1) is 17.5 Å². The van der Waals surface area contributed by atoms with E-state index in [1.165, 1.54) is 0 Å². The number of halogens is 3. The van der Waals surface area contributed by atoms with Crippen molar-refractivity contribution in [1.29, 1.82) is 0 Å². The average molecular weight is 294 g/mol. The van der Waals surface area contributed by atoms with Gasteiger partial charge < -0.3 is 9.84 Å². The SMILES string of the molecule is OC(c1ccc2c(c1)CCCO2)c1c(F)cc(F)cc1F. The molecule has 0 saturated carbocycles.